The molecule has 140 valence electrons. The molecule has 2 aliphatic rings. The minimum Gasteiger partial charge on any atom is -0.351 e. The van der Waals surface area contributed by atoms with E-state index >= 15 is 0 Å². The third kappa shape index (κ3) is 3.79. The Morgan fingerprint density at radius 2 is 2.08 bits per heavy atom. The van der Waals surface area contributed by atoms with Crippen molar-refractivity contribution in [3.05, 3.63) is 53.9 Å². The number of carbonyl (C=O) groups is 1. The molecule has 26 heavy (non-hydrogen) atoms. The molecule has 2 fully saturated rings. The lowest BCUT2D eigenvalue weighted by Gasteiger charge is -2.37. The Bertz CT molecular complexity index is 716. The maximum atomic E-state index is 12.9. The minimum atomic E-state index is -0.168. The van der Waals surface area contributed by atoms with Crippen molar-refractivity contribution >= 4 is 18.3 Å². The molecule has 5 nitrogen and oxygen atoms in total. The average Bonchev–Trinajstić information content (AvgIpc) is 3.30. The fourth-order valence-electron chi connectivity index (χ4n) is 4.39. The molecule has 0 bridgehead atoms. The molecular formula is C20H27ClN4O. The third-order valence-corrected chi connectivity index (χ3v) is 5.87. The van der Waals surface area contributed by atoms with E-state index in [9.17, 15) is 4.79 Å². The van der Waals surface area contributed by atoms with Crippen LogP contribution in [0.5, 0.6) is 0 Å². The van der Waals surface area contributed by atoms with Gasteiger partial charge in [0.05, 0.1) is 12.0 Å². The Hall–Kier alpha value is -1.85. The molecule has 0 unspecified atom stereocenters. The van der Waals surface area contributed by atoms with Crippen molar-refractivity contribution in [2.45, 2.75) is 38.8 Å². The molecule has 0 radical (unpaired) electrons. The zero-order valence-electron chi connectivity index (χ0n) is 15.0. The molecule has 1 aromatic carbocycles. The Balaban J connectivity index is 0.00000196. The first-order chi connectivity index (χ1) is 12.3. The highest BCUT2D eigenvalue weighted by Crippen LogP contribution is 2.43. The maximum absolute atomic E-state index is 12.9. The van der Waals surface area contributed by atoms with Crippen LogP contribution in [0, 0.1) is 11.3 Å². The van der Waals surface area contributed by atoms with E-state index in [-0.39, 0.29) is 23.7 Å². The number of benzene rings is 1. The molecule has 2 aromatic rings. The molecule has 2 heterocycles. The molecule has 0 spiro atoms. The number of aromatic nitrogens is 2. The van der Waals surface area contributed by atoms with Crippen molar-refractivity contribution in [1.29, 1.82) is 0 Å². The van der Waals surface area contributed by atoms with Crippen LogP contribution < -0.4 is 10.6 Å². The second kappa shape index (κ2) is 8.23. The van der Waals surface area contributed by atoms with Gasteiger partial charge in [-0.05, 0) is 42.5 Å². The summed E-state index contributed by atoms with van der Waals surface area (Å²) in [5, 5.41) is 10.9. The molecule has 1 aliphatic carbocycles. The molecule has 1 amide bonds. The van der Waals surface area contributed by atoms with Gasteiger partial charge in [0, 0.05) is 25.5 Å². The van der Waals surface area contributed by atoms with E-state index in [2.05, 4.69) is 40.0 Å². The fourth-order valence-corrected chi connectivity index (χ4v) is 4.39. The summed E-state index contributed by atoms with van der Waals surface area (Å²) in [5.41, 5.74) is 2.19. The van der Waals surface area contributed by atoms with E-state index in [1.807, 2.05) is 16.9 Å². The van der Waals surface area contributed by atoms with Crippen LogP contribution in [0.2, 0.25) is 0 Å². The van der Waals surface area contributed by atoms with E-state index < -0.39 is 0 Å². The molecule has 2 atom stereocenters. The van der Waals surface area contributed by atoms with Gasteiger partial charge in [-0.3, -0.25) is 9.48 Å². The molecule has 1 aliphatic heterocycles. The normalized spacial score (nSPS) is 24.5. The van der Waals surface area contributed by atoms with Gasteiger partial charge in [0.1, 0.15) is 0 Å². The number of rotatable bonds is 5. The van der Waals surface area contributed by atoms with Crippen molar-refractivity contribution in [2.24, 2.45) is 11.3 Å². The maximum Gasteiger partial charge on any atom is 0.228 e. The van der Waals surface area contributed by atoms with E-state index in [0.29, 0.717) is 12.5 Å². The number of hydrogen-bond acceptors (Lipinski definition) is 3. The summed E-state index contributed by atoms with van der Waals surface area (Å²) in [6.45, 7) is 3.22. The molecule has 1 saturated carbocycles. The Morgan fingerprint density at radius 1 is 1.27 bits per heavy atom. The highest BCUT2D eigenvalue weighted by Gasteiger charge is 2.49. The summed E-state index contributed by atoms with van der Waals surface area (Å²) in [4.78, 5) is 12.9. The van der Waals surface area contributed by atoms with Gasteiger partial charge < -0.3 is 10.6 Å². The van der Waals surface area contributed by atoms with Crippen LogP contribution in [-0.2, 0) is 17.9 Å². The SMILES string of the molecule is Cl.O=C(NCc1ccc(Cn2cccn2)cc1)[C@@]12CCCC[C@H]1CNC2. The highest BCUT2D eigenvalue weighted by molar-refractivity contribution is 5.85. The molecular weight excluding hydrogens is 348 g/mol. The largest absolute Gasteiger partial charge is 0.351 e. The molecule has 1 aromatic heterocycles. The van der Waals surface area contributed by atoms with Crippen LogP contribution in [0.25, 0.3) is 0 Å². The molecule has 2 N–H and O–H groups in total. The highest BCUT2D eigenvalue weighted by atomic mass is 35.5. The molecule has 4 rings (SSSR count). The Morgan fingerprint density at radius 3 is 2.85 bits per heavy atom. The lowest BCUT2D eigenvalue weighted by atomic mass is 9.67. The smallest absolute Gasteiger partial charge is 0.228 e. The van der Waals surface area contributed by atoms with Crippen molar-refractivity contribution in [2.75, 3.05) is 13.1 Å². The van der Waals surface area contributed by atoms with Gasteiger partial charge in [0.25, 0.3) is 0 Å². The van der Waals surface area contributed by atoms with Gasteiger partial charge in [-0.1, -0.05) is 37.1 Å². The summed E-state index contributed by atoms with van der Waals surface area (Å²) in [5.74, 6) is 0.750. The van der Waals surface area contributed by atoms with Crippen LogP contribution in [0.3, 0.4) is 0 Å². The van der Waals surface area contributed by atoms with E-state index in [1.54, 1.807) is 6.20 Å². The van der Waals surface area contributed by atoms with Crippen LogP contribution in [-0.4, -0.2) is 28.8 Å². The monoisotopic (exact) mass is 374 g/mol. The van der Waals surface area contributed by atoms with Crippen molar-refractivity contribution in [3.8, 4) is 0 Å². The van der Waals surface area contributed by atoms with Crippen LogP contribution in [0.15, 0.2) is 42.7 Å². The van der Waals surface area contributed by atoms with Gasteiger partial charge in [-0.25, -0.2) is 0 Å². The number of carbonyl (C=O) groups excluding carboxylic acids is 1. The number of nitrogens with zero attached hydrogens (tertiary/aromatic N) is 2. The summed E-state index contributed by atoms with van der Waals surface area (Å²) in [6, 6.07) is 10.4. The zero-order valence-corrected chi connectivity index (χ0v) is 15.8. The van der Waals surface area contributed by atoms with Crippen molar-refractivity contribution < 1.29 is 4.79 Å². The average molecular weight is 375 g/mol. The number of nitrogens with one attached hydrogen (secondary N) is 2. The van der Waals surface area contributed by atoms with Gasteiger partial charge in [0.15, 0.2) is 0 Å². The first-order valence-electron chi connectivity index (χ1n) is 9.30. The van der Waals surface area contributed by atoms with Gasteiger partial charge in [0.2, 0.25) is 5.91 Å². The topological polar surface area (TPSA) is 59.0 Å². The first kappa shape index (κ1) is 18.9. The lowest BCUT2D eigenvalue weighted by Crippen LogP contribution is -2.47. The van der Waals surface area contributed by atoms with E-state index in [0.717, 1.165) is 31.6 Å². The summed E-state index contributed by atoms with van der Waals surface area (Å²) >= 11 is 0. The fraction of sp³-hybridized carbons (Fsp3) is 0.500. The van der Waals surface area contributed by atoms with Gasteiger partial charge in [-0.15, -0.1) is 12.4 Å². The van der Waals surface area contributed by atoms with Crippen molar-refractivity contribution in [3.63, 3.8) is 0 Å². The minimum absolute atomic E-state index is 0. The predicted octanol–water partition coefficient (Wildman–Crippen LogP) is 2.75. The third-order valence-electron chi connectivity index (χ3n) is 5.87. The van der Waals surface area contributed by atoms with Crippen LogP contribution in [0.4, 0.5) is 0 Å². The second-order valence-electron chi connectivity index (χ2n) is 7.43. The number of halogens is 1. The molecule has 1 saturated heterocycles. The zero-order chi connectivity index (χ0) is 17.1. The Kier molecular flexibility index (Phi) is 5.99. The Labute approximate surface area is 161 Å². The summed E-state index contributed by atoms with van der Waals surface area (Å²) < 4.78 is 1.91. The number of hydrogen-bond donors (Lipinski definition) is 2. The van der Waals surface area contributed by atoms with E-state index in [4.69, 9.17) is 0 Å². The first-order valence-corrected chi connectivity index (χ1v) is 9.30. The van der Waals surface area contributed by atoms with Crippen LogP contribution in [0.1, 0.15) is 36.8 Å². The summed E-state index contributed by atoms with van der Waals surface area (Å²) in [7, 11) is 0. The summed E-state index contributed by atoms with van der Waals surface area (Å²) in [6.07, 6.45) is 8.40. The predicted molar refractivity (Wildman–Crippen MR) is 104 cm³/mol. The lowest BCUT2D eigenvalue weighted by molar-refractivity contribution is -0.134. The van der Waals surface area contributed by atoms with Gasteiger partial charge in [-0.2, -0.15) is 5.10 Å². The quantitative estimate of drug-likeness (QED) is 0.846. The molecule has 6 heteroatoms. The second-order valence-corrected chi connectivity index (χ2v) is 7.43. The number of fused-ring (bicyclic) bond motifs is 1. The van der Waals surface area contributed by atoms with E-state index in [1.165, 1.54) is 24.8 Å². The number of amides is 1. The standard InChI is InChI=1S/C20H26N4O.ClH/c25-19(20-9-2-1-4-18(20)13-21-15-20)22-12-16-5-7-17(8-6-16)14-24-11-3-10-23-24;/h3,5-8,10-11,18,21H,1-2,4,9,12-15H2,(H,22,25);1H/t18-,20+;/m0./s1. The van der Waals surface area contributed by atoms with Crippen molar-refractivity contribution in [1.82, 2.24) is 20.4 Å². The van der Waals surface area contributed by atoms with Gasteiger partial charge >= 0.3 is 0 Å². The van der Waals surface area contributed by atoms with Crippen LogP contribution >= 0.6 is 12.4 Å².